The Morgan fingerprint density at radius 3 is 2.56 bits per heavy atom. The van der Waals surface area contributed by atoms with Crippen LogP contribution in [0.5, 0.6) is 0 Å². The van der Waals surface area contributed by atoms with Gasteiger partial charge in [-0.25, -0.2) is 0 Å². The summed E-state index contributed by atoms with van der Waals surface area (Å²) < 4.78 is 0. The van der Waals surface area contributed by atoms with Crippen LogP contribution in [-0.2, 0) is 0 Å². The van der Waals surface area contributed by atoms with E-state index in [0.29, 0.717) is 6.04 Å². The highest BCUT2D eigenvalue weighted by Gasteiger charge is 1.97. The van der Waals surface area contributed by atoms with Crippen LogP contribution < -0.4 is 5.73 Å². The van der Waals surface area contributed by atoms with Crippen molar-refractivity contribution in [3.8, 4) is 0 Å². The second-order valence-corrected chi connectivity index (χ2v) is 2.86. The second-order valence-electron chi connectivity index (χ2n) is 2.41. The summed E-state index contributed by atoms with van der Waals surface area (Å²) >= 11 is 4.11. The molecule has 0 amide bonds. The first kappa shape index (κ1) is 9.31. The van der Waals surface area contributed by atoms with Crippen molar-refractivity contribution in [1.29, 1.82) is 0 Å². The third-order valence-corrected chi connectivity index (χ3v) is 1.71. The molecule has 0 heterocycles. The number of hydrogen-bond acceptors (Lipinski definition) is 2. The van der Waals surface area contributed by atoms with Gasteiger partial charge in [0.25, 0.3) is 0 Å². The predicted octanol–water partition coefficient (Wildman–Crippen LogP) is 1.82. The van der Waals surface area contributed by atoms with Gasteiger partial charge < -0.3 is 5.73 Å². The summed E-state index contributed by atoms with van der Waals surface area (Å²) in [6.45, 7) is 2.17. The first-order chi connectivity index (χ1) is 4.31. The molecule has 0 rings (SSSR count). The van der Waals surface area contributed by atoms with E-state index in [9.17, 15) is 0 Å². The van der Waals surface area contributed by atoms with Crippen LogP contribution >= 0.6 is 12.6 Å². The molecule has 2 heteroatoms. The molecule has 0 saturated heterocycles. The maximum absolute atomic E-state index is 5.74. The van der Waals surface area contributed by atoms with Crippen LogP contribution in [0.1, 0.15) is 32.6 Å². The molecule has 9 heavy (non-hydrogen) atoms. The SMILES string of the molecule is CCCC(N)CCCS. The van der Waals surface area contributed by atoms with Crippen LogP contribution in [-0.4, -0.2) is 11.8 Å². The molecule has 0 aromatic carbocycles. The molecule has 0 bridgehead atoms. The molecule has 56 valence electrons. The Labute approximate surface area is 63.4 Å². The lowest BCUT2D eigenvalue weighted by Gasteiger charge is -2.07. The van der Waals surface area contributed by atoms with Gasteiger partial charge in [0.2, 0.25) is 0 Å². The zero-order valence-corrected chi connectivity index (χ0v) is 7.03. The largest absolute Gasteiger partial charge is 0.328 e. The normalized spacial score (nSPS) is 13.7. The van der Waals surface area contributed by atoms with E-state index in [1.165, 1.54) is 6.42 Å². The molecule has 0 aliphatic rings. The quantitative estimate of drug-likeness (QED) is 0.570. The highest BCUT2D eigenvalue weighted by molar-refractivity contribution is 7.80. The monoisotopic (exact) mass is 147 g/mol. The van der Waals surface area contributed by atoms with E-state index in [2.05, 4.69) is 19.6 Å². The van der Waals surface area contributed by atoms with Gasteiger partial charge in [-0.3, -0.25) is 0 Å². The fourth-order valence-corrected chi connectivity index (χ4v) is 1.05. The maximum Gasteiger partial charge on any atom is 0.00390 e. The predicted molar refractivity (Wildman–Crippen MR) is 46.0 cm³/mol. The smallest absolute Gasteiger partial charge is 0.00390 e. The first-order valence-corrected chi connectivity index (χ1v) is 4.31. The molecule has 1 atom stereocenters. The van der Waals surface area contributed by atoms with Crippen LogP contribution in [0.3, 0.4) is 0 Å². The van der Waals surface area contributed by atoms with Gasteiger partial charge in [-0.2, -0.15) is 12.6 Å². The van der Waals surface area contributed by atoms with Crippen LogP contribution in [0.4, 0.5) is 0 Å². The molecule has 0 aromatic rings. The maximum atomic E-state index is 5.74. The Morgan fingerprint density at radius 1 is 1.44 bits per heavy atom. The Bertz CT molecular complexity index is 56.9. The standard InChI is InChI=1S/C7H17NS/c1-2-4-7(8)5-3-6-9/h7,9H,2-6,8H2,1H3. The van der Waals surface area contributed by atoms with E-state index >= 15 is 0 Å². The summed E-state index contributed by atoms with van der Waals surface area (Å²) in [6, 6.07) is 0.419. The summed E-state index contributed by atoms with van der Waals surface area (Å²) in [6.07, 6.45) is 4.66. The van der Waals surface area contributed by atoms with Gasteiger partial charge in [-0.05, 0) is 25.0 Å². The Kier molecular flexibility index (Phi) is 6.65. The molecule has 0 aliphatic carbocycles. The van der Waals surface area contributed by atoms with Gasteiger partial charge in [-0.1, -0.05) is 13.3 Å². The van der Waals surface area contributed by atoms with Crippen LogP contribution in [0.15, 0.2) is 0 Å². The van der Waals surface area contributed by atoms with Crippen molar-refractivity contribution < 1.29 is 0 Å². The van der Waals surface area contributed by atoms with Gasteiger partial charge in [0, 0.05) is 6.04 Å². The average Bonchev–Trinajstić information content (AvgIpc) is 1.85. The lowest BCUT2D eigenvalue weighted by Crippen LogP contribution is -2.19. The van der Waals surface area contributed by atoms with Crippen molar-refractivity contribution >= 4 is 12.6 Å². The van der Waals surface area contributed by atoms with Crippen molar-refractivity contribution in [2.75, 3.05) is 5.75 Å². The minimum Gasteiger partial charge on any atom is -0.328 e. The molecule has 1 unspecified atom stereocenters. The van der Waals surface area contributed by atoms with Crippen molar-refractivity contribution in [2.45, 2.75) is 38.6 Å². The molecule has 0 aromatic heterocycles. The molecule has 2 N–H and O–H groups in total. The summed E-state index contributed by atoms with van der Waals surface area (Å²) in [4.78, 5) is 0. The van der Waals surface area contributed by atoms with Crippen LogP contribution in [0, 0.1) is 0 Å². The second kappa shape index (κ2) is 6.43. The fraction of sp³-hybridized carbons (Fsp3) is 1.00. The number of hydrogen-bond donors (Lipinski definition) is 2. The Balaban J connectivity index is 2.95. The van der Waals surface area contributed by atoms with E-state index in [0.717, 1.165) is 25.0 Å². The zero-order valence-electron chi connectivity index (χ0n) is 6.14. The zero-order chi connectivity index (χ0) is 7.11. The van der Waals surface area contributed by atoms with E-state index in [4.69, 9.17) is 5.73 Å². The minimum atomic E-state index is 0.419. The van der Waals surface area contributed by atoms with Gasteiger partial charge in [0.05, 0.1) is 0 Å². The average molecular weight is 147 g/mol. The van der Waals surface area contributed by atoms with Gasteiger partial charge in [-0.15, -0.1) is 0 Å². The Hall–Kier alpha value is 0.310. The highest BCUT2D eigenvalue weighted by Crippen LogP contribution is 2.01. The number of nitrogens with two attached hydrogens (primary N) is 1. The van der Waals surface area contributed by atoms with Crippen LogP contribution in [0.2, 0.25) is 0 Å². The van der Waals surface area contributed by atoms with Gasteiger partial charge >= 0.3 is 0 Å². The minimum absolute atomic E-state index is 0.419. The molecule has 0 fully saturated rings. The van der Waals surface area contributed by atoms with Crippen LogP contribution in [0.25, 0.3) is 0 Å². The molecule has 0 aliphatic heterocycles. The van der Waals surface area contributed by atoms with Crippen molar-refractivity contribution in [1.82, 2.24) is 0 Å². The summed E-state index contributed by atoms with van der Waals surface area (Å²) in [5, 5.41) is 0. The van der Waals surface area contributed by atoms with Crippen molar-refractivity contribution in [3.05, 3.63) is 0 Å². The lowest BCUT2D eigenvalue weighted by atomic mass is 10.1. The van der Waals surface area contributed by atoms with Crippen molar-refractivity contribution in [2.24, 2.45) is 5.73 Å². The van der Waals surface area contributed by atoms with E-state index in [1.807, 2.05) is 0 Å². The summed E-state index contributed by atoms with van der Waals surface area (Å²) in [5.74, 6) is 0.970. The third-order valence-electron chi connectivity index (χ3n) is 1.39. The fourth-order valence-electron chi connectivity index (χ4n) is 0.869. The molecule has 0 saturated carbocycles. The van der Waals surface area contributed by atoms with Gasteiger partial charge in [0.15, 0.2) is 0 Å². The van der Waals surface area contributed by atoms with E-state index in [-0.39, 0.29) is 0 Å². The van der Waals surface area contributed by atoms with Gasteiger partial charge in [0.1, 0.15) is 0 Å². The highest BCUT2D eigenvalue weighted by atomic mass is 32.1. The third kappa shape index (κ3) is 6.19. The number of rotatable bonds is 5. The van der Waals surface area contributed by atoms with E-state index < -0.39 is 0 Å². The topological polar surface area (TPSA) is 26.0 Å². The summed E-state index contributed by atoms with van der Waals surface area (Å²) in [7, 11) is 0. The Morgan fingerprint density at radius 2 is 2.11 bits per heavy atom. The van der Waals surface area contributed by atoms with Crippen molar-refractivity contribution in [3.63, 3.8) is 0 Å². The lowest BCUT2D eigenvalue weighted by molar-refractivity contribution is 0.556. The molecule has 1 nitrogen and oxygen atoms in total. The number of thiol groups is 1. The first-order valence-electron chi connectivity index (χ1n) is 3.67. The molecular formula is C7H17NS. The molecular weight excluding hydrogens is 130 g/mol. The van der Waals surface area contributed by atoms with E-state index in [1.54, 1.807) is 0 Å². The summed E-state index contributed by atoms with van der Waals surface area (Å²) in [5.41, 5.74) is 5.74. The molecule has 0 spiro atoms. The molecule has 0 radical (unpaired) electrons.